The largest absolute Gasteiger partial charge is 0.379 e. The zero-order valence-electron chi connectivity index (χ0n) is 10.7. The Kier molecular flexibility index (Phi) is 2.30. The van der Waals surface area contributed by atoms with E-state index in [4.69, 9.17) is 4.74 Å². The molecule has 2 nitrogen and oxygen atoms in total. The molecule has 1 aliphatic carbocycles. The molecule has 19 heavy (non-hydrogen) atoms. The van der Waals surface area contributed by atoms with Gasteiger partial charge in [0.1, 0.15) is 0 Å². The maximum Gasteiger partial charge on any atom is 0.0715 e. The molecule has 4 rings (SSSR count). The van der Waals surface area contributed by atoms with Crippen LogP contribution in [0.25, 0.3) is 10.1 Å². The van der Waals surface area contributed by atoms with E-state index in [9.17, 15) is 5.26 Å². The van der Waals surface area contributed by atoms with E-state index in [2.05, 4.69) is 35.7 Å². The van der Waals surface area contributed by atoms with E-state index < -0.39 is 0 Å². The number of thiophene rings is 1. The quantitative estimate of drug-likeness (QED) is 0.829. The number of nitrogens with zero attached hydrogens (tertiary/aromatic N) is 1. The average molecular weight is 269 g/mol. The highest BCUT2D eigenvalue weighted by Gasteiger charge is 2.61. The van der Waals surface area contributed by atoms with E-state index in [1.165, 1.54) is 22.1 Å². The van der Waals surface area contributed by atoms with Crippen LogP contribution in [0.2, 0.25) is 0 Å². The van der Waals surface area contributed by atoms with Gasteiger partial charge < -0.3 is 4.74 Å². The van der Waals surface area contributed by atoms with Crippen LogP contribution in [0, 0.1) is 16.7 Å². The Morgan fingerprint density at radius 3 is 2.58 bits per heavy atom. The number of nitriles is 1. The Hall–Kier alpha value is -1.37. The lowest BCUT2D eigenvalue weighted by atomic mass is 9.50. The molecule has 0 atom stereocenters. The number of benzene rings is 1. The summed E-state index contributed by atoms with van der Waals surface area (Å²) >= 11 is 1.79. The summed E-state index contributed by atoms with van der Waals surface area (Å²) in [7, 11) is 0. The van der Waals surface area contributed by atoms with Crippen LogP contribution in [0.5, 0.6) is 0 Å². The molecule has 0 unspecified atom stereocenters. The first-order valence-corrected chi connectivity index (χ1v) is 7.65. The Morgan fingerprint density at radius 2 is 2.00 bits per heavy atom. The molecule has 1 saturated heterocycles. The van der Waals surface area contributed by atoms with Gasteiger partial charge in [0, 0.05) is 4.70 Å². The van der Waals surface area contributed by atoms with E-state index >= 15 is 0 Å². The molecule has 1 saturated carbocycles. The van der Waals surface area contributed by atoms with Crippen molar-refractivity contribution in [3.05, 3.63) is 35.2 Å². The van der Waals surface area contributed by atoms with Crippen molar-refractivity contribution in [2.45, 2.75) is 24.7 Å². The molecule has 96 valence electrons. The SMILES string of the molecule is N#CC1(C2(c3csc4ccccc34)COC2)CCC1. The molecule has 0 spiro atoms. The molecule has 0 N–H and O–H groups in total. The first kappa shape index (κ1) is 11.5. The van der Waals surface area contributed by atoms with Crippen LogP contribution in [0.3, 0.4) is 0 Å². The first-order chi connectivity index (χ1) is 9.31. The molecule has 2 heterocycles. The Labute approximate surface area is 116 Å². The molecule has 0 bridgehead atoms. The molecule has 2 aromatic rings. The summed E-state index contributed by atoms with van der Waals surface area (Å²) < 4.78 is 6.86. The Balaban J connectivity index is 1.92. The molecule has 1 aromatic heterocycles. The van der Waals surface area contributed by atoms with Gasteiger partial charge in [0.05, 0.1) is 30.1 Å². The second-order valence-corrected chi connectivity index (χ2v) is 6.68. The van der Waals surface area contributed by atoms with Crippen LogP contribution in [-0.2, 0) is 10.2 Å². The van der Waals surface area contributed by atoms with Gasteiger partial charge in [0.2, 0.25) is 0 Å². The number of hydrogen-bond acceptors (Lipinski definition) is 3. The zero-order chi connectivity index (χ0) is 12.9. The van der Waals surface area contributed by atoms with Crippen LogP contribution >= 0.6 is 11.3 Å². The molecule has 0 radical (unpaired) electrons. The fourth-order valence-corrected chi connectivity index (χ4v) is 4.63. The van der Waals surface area contributed by atoms with E-state index in [1.54, 1.807) is 11.3 Å². The van der Waals surface area contributed by atoms with Crippen molar-refractivity contribution in [1.29, 1.82) is 5.26 Å². The summed E-state index contributed by atoms with van der Waals surface area (Å²) in [6.07, 6.45) is 3.23. The lowest BCUT2D eigenvalue weighted by Crippen LogP contribution is -2.61. The third-order valence-electron chi connectivity index (χ3n) is 5.03. The molecule has 3 heteroatoms. The van der Waals surface area contributed by atoms with Crippen molar-refractivity contribution >= 4 is 21.4 Å². The van der Waals surface area contributed by atoms with Gasteiger partial charge >= 0.3 is 0 Å². The van der Waals surface area contributed by atoms with Crippen LogP contribution in [-0.4, -0.2) is 13.2 Å². The summed E-state index contributed by atoms with van der Waals surface area (Å²) in [6, 6.07) is 11.2. The minimum atomic E-state index is -0.185. The van der Waals surface area contributed by atoms with Crippen molar-refractivity contribution in [3.8, 4) is 6.07 Å². The number of fused-ring (bicyclic) bond motifs is 1. The van der Waals surface area contributed by atoms with Crippen LogP contribution in [0.15, 0.2) is 29.6 Å². The van der Waals surface area contributed by atoms with Crippen molar-refractivity contribution in [3.63, 3.8) is 0 Å². The van der Waals surface area contributed by atoms with E-state index in [-0.39, 0.29) is 10.8 Å². The number of ether oxygens (including phenoxy) is 1. The second kappa shape index (κ2) is 3.82. The van der Waals surface area contributed by atoms with Crippen molar-refractivity contribution in [2.24, 2.45) is 5.41 Å². The Morgan fingerprint density at radius 1 is 1.21 bits per heavy atom. The predicted octanol–water partition coefficient (Wildman–Crippen LogP) is 3.86. The lowest BCUT2D eigenvalue weighted by Gasteiger charge is -2.56. The van der Waals surface area contributed by atoms with Crippen molar-refractivity contribution in [1.82, 2.24) is 0 Å². The smallest absolute Gasteiger partial charge is 0.0715 e. The number of rotatable bonds is 2. The average Bonchev–Trinajstić information content (AvgIpc) is 2.75. The van der Waals surface area contributed by atoms with E-state index in [1.807, 2.05) is 0 Å². The lowest BCUT2D eigenvalue weighted by molar-refractivity contribution is -0.133. The summed E-state index contributed by atoms with van der Waals surface area (Å²) in [4.78, 5) is 0. The predicted molar refractivity (Wildman–Crippen MR) is 76.2 cm³/mol. The van der Waals surface area contributed by atoms with Gasteiger partial charge in [0.25, 0.3) is 0 Å². The van der Waals surface area contributed by atoms with Gasteiger partial charge in [-0.2, -0.15) is 5.26 Å². The standard InChI is InChI=1S/C16H15NOS/c17-9-15(6-3-7-15)16(10-18-11-16)13-8-19-14-5-2-1-4-12(13)14/h1-2,4-5,8H,3,6-7,10-11H2. The van der Waals surface area contributed by atoms with Crippen LogP contribution in [0.1, 0.15) is 24.8 Å². The maximum absolute atomic E-state index is 9.71. The fraction of sp³-hybridized carbons (Fsp3) is 0.438. The van der Waals surface area contributed by atoms with Gasteiger partial charge in [0.15, 0.2) is 0 Å². The van der Waals surface area contributed by atoms with Gasteiger partial charge in [-0.25, -0.2) is 0 Å². The van der Waals surface area contributed by atoms with Gasteiger partial charge in [-0.05, 0) is 35.2 Å². The molecule has 2 fully saturated rings. The van der Waals surface area contributed by atoms with Crippen LogP contribution in [0.4, 0.5) is 0 Å². The molecule has 1 aliphatic heterocycles. The molecular formula is C16H15NOS. The summed E-state index contributed by atoms with van der Waals surface area (Å²) in [5, 5.41) is 13.3. The molecular weight excluding hydrogens is 254 g/mol. The van der Waals surface area contributed by atoms with Gasteiger partial charge in [-0.3, -0.25) is 0 Å². The van der Waals surface area contributed by atoms with Crippen molar-refractivity contribution < 1.29 is 4.74 Å². The fourth-order valence-electron chi connectivity index (χ4n) is 3.57. The summed E-state index contributed by atoms with van der Waals surface area (Å²) in [5.74, 6) is 0. The maximum atomic E-state index is 9.71. The Bertz CT molecular complexity index is 673. The minimum absolute atomic E-state index is 0.0559. The second-order valence-electron chi connectivity index (χ2n) is 5.77. The van der Waals surface area contributed by atoms with E-state index in [0.29, 0.717) is 13.2 Å². The van der Waals surface area contributed by atoms with Crippen molar-refractivity contribution in [2.75, 3.05) is 13.2 Å². The highest BCUT2D eigenvalue weighted by atomic mass is 32.1. The monoisotopic (exact) mass is 269 g/mol. The summed E-state index contributed by atoms with van der Waals surface area (Å²) in [6.45, 7) is 1.42. The zero-order valence-corrected chi connectivity index (χ0v) is 11.5. The number of hydrogen-bond donors (Lipinski definition) is 0. The van der Waals surface area contributed by atoms with E-state index in [0.717, 1.165) is 12.8 Å². The topological polar surface area (TPSA) is 33.0 Å². The van der Waals surface area contributed by atoms with Crippen LogP contribution < -0.4 is 0 Å². The normalized spacial score (nSPS) is 23.3. The highest BCUT2D eigenvalue weighted by Crippen LogP contribution is 2.59. The first-order valence-electron chi connectivity index (χ1n) is 6.77. The minimum Gasteiger partial charge on any atom is -0.379 e. The van der Waals surface area contributed by atoms with Gasteiger partial charge in [-0.1, -0.05) is 24.6 Å². The third kappa shape index (κ3) is 1.29. The summed E-state index contributed by atoms with van der Waals surface area (Å²) in [5.41, 5.74) is 1.11. The molecule has 2 aliphatic rings. The molecule has 0 amide bonds. The highest BCUT2D eigenvalue weighted by molar-refractivity contribution is 7.17. The van der Waals surface area contributed by atoms with Gasteiger partial charge in [-0.15, -0.1) is 11.3 Å². The molecule has 1 aromatic carbocycles. The third-order valence-corrected chi connectivity index (χ3v) is 5.99.